The Kier molecular flexibility index (Phi) is 8.63. The number of carbonyl (C=O) groups is 1. The third-order valence-corrected chi connectivity index (χ3v) is 7.82. The molecule has 0 aliphatic heterocycles. The van der Waals surface area contributed by atoms with Crippen LogP contribution in [0, 0.1) is 0 Å². The molecule has 26 heavy (non-hydrogen) atoms. The van der Waals surface area contributed by atoms with Crippen molar-refractivity contribution in [2.24, 2.45) is 0 Å². The van der Waals surface area contributed by atoms with Crippen molar-refractivity contribution in [1.29, 1.82) is 0 Å². The van der Waals surface area contributed by atoms with Crippen LogP contribution >= 0.6 is 7.37 Å². The summed E-state index contributed by atoms with van der Waals surface area (Å²) in [4.78, 5) is 21.4. The molecule has 0 fully saturated rings. The predicted molar refractivity (Wildman–Crippen MR) is 103 cm³/mol. The zero-order chi connectivity index (χ0) is 20.0. The number of carboxylic acids is 1. The van der Waals surface area contributed by atoms with E-state index in [4.69, 9.17) is 9.84 Å². The van der Waals surface area contributed by atoms with Gasteiger partial charge in [0.15, 0.2) is 0 Å². The number of hydrogen-bond donors (Lipinski definition) is 3. The van der Waals surface area contributed by atoms with Gasteiger partial charge in [-0.05, 0) is 45.2 Å². The van der Waals surface area contributed by atoms with E-state index in [0.29, 0.717) is 12.2 Å². The number of hydrogen-bond acceptors (Lipinski definition) is 5. The Morgan fingerprint density at radius 2 is 2.00 bits per heavy atom. The highest BCUT2D eigenvalue weighted by molar-refractivity contribution is 7.91. The van der Waals surface area contributed by atoms with Gasteiger partial charge in [-0.3, -0.25) is 9.36 Å². The number of carboxylic acid groups (broad SMARTS) is 1. The maximum absolute atomic E-state index is 12.9. The smallest absolute Gasteiger partial charge is 0.303 e. The minimum atomic E-state index is -3.80. The van der Waals surface area contributed by atoms with Crippen molar-refractivity contribution >= 4 is 24.7 Å². The number of methoxy groups -OCH3 is 1. The number of para-hydroxylation sites is 1. The summed E-state index contributed by atoms with van der Waals surface area (Å²) in [5.41, 5.74) is 0.790. The zero-order valence-corrected chi connectivity index (χ0v) is 17.3. The van der Waals surface area contributed by atoms with Crippen molar-refractivity contribution in [2.75, 3.05) is 13.3 Å². The van der Waals surface area contributed by atoms with Crippen molar-refractivity contribution in [3.63, 3.8) is 0 Å². The summed E-state index contributed by atoms with van der Waals surface area (Å²) in [7, 11) is -2.27. The van der Waals surface area contributed by atoms with Crippen molar-refractivity contribution in [3.05, 3.63) is 29.8 Å². The van der Waals surface area contributed by atoms with Gasteiger partial charge < -0.3 is 19.3 Å². The lowest BCUT2D eigenvalue weighted by atomic mass is 10.1. The summed E-state index contributed by atoms with van der Waals surface area (Å²) >= 11 is -1.58. The maximum atomic E-state index is 12.9. The highest BCUT2D eigenvalue weighted by atomic mass is 32.2. The van der Waals surface area contributed by atoms with Crippen molar-refractivity contribution in [2.45, 2.75) is 50.6 Å². The Hall–Kier alpha value is -1.05. The Labute approximate surface area is 157 Å². The van der Waals surface area contributed by atoms with Crippen LogP contribution in [0.4, 0.5) is 0 Å². The van der Waals surface area contributed by atoms with Crippen molar-refractivity contribution < 1.29 is 28.6 Å². The lowest BCUT2D eigenvalue weighted by molar-refractivity contribution is -0.137. The van der Waals surface area contributed by atoms with E-state index in [1.165, 1.54) is 7.11 Å². The van der Waals surface area contributed by atoms with Gasteiger partial charge in [0.25, 0.3) is 0 Å². The van der Waals surface area contributed by atoms with Crippen LogP contribution in [0.5, 0.6) is 5.75 Å². The number of rotatable bonds is 10. The molecule has 1 rings (SSSR count). The molecule has 0 spiro atoms. The number of aliphatic carboxylic acids is 1. The highest BCUT2D eigenvalue weighted by Crippen LogP contribution is 2.48. The number of aryl methyl sites for hydroxylation is 1. The summed E-state index contributed by atoms with van der Waals surface area (Å²) in [6, 6.07) is 7.21. The van der Waals surface area contributed by atoms with E-state index in [1.807, 2.05) is 18.2 Å². The van der Waals surface area contributed by atoms with Gasteiger partial charge in [0, 0.05) is 23.9 Å². The Morgan fingerprint density at radius 1 is 1.38 bits per heavy atom. The molecule has 148 valence electrons. The quantitative estimate of drug-likeness (QED) is 0.404. The topological polar surface area (TPSA) is 119 Å². The third-order valence-electron chi connectivity index (χ3n) is 3.81. The molecule has 0 aliphatic rings. The molecule has 0 heterocycles. The normalized spacial score (nSPS) is 16.5. The van der Waals surface area contributed by atoms with E-state index in [-0.39, 0.29) is 19.0 Å². The number of ether oxygens (including phenoxy) is 1. The fourth-order valence-corrected chi connectivity index (χ4v) is 5.32. The summed E-state index contributed by atoms with van der Waals surface area (Å²) in [6.45, 7) is 5.21. The van der Waals surface area contributed by atoms with Crippen LogP contribution in [-0.2, 0) is 27.1 Å². The first kappa shape index (κ1) is 23.0. The number of benzene rings is 1. The fourth-order valence-electron chi connectivity index (χ4n) is 2.25. The molecule has 0 saturated heterocycles. The van der Waals surface area contributed by atoms with Gasteiger partial charge in [0.2, 0.25) is 7.37 Å². The van der Waals surface area contributed by atoms with Gasteiger partial charge in [-0.1, -0.05) is 18.2 Å². The van der Waals surface area contributed by atoms with Gasteiger partial charge in [0.1, 0.15) is 16.3 Å². The summed E-state index contributed by atoms with van der Waals surface area (Å²) in [5, 5.41) is 8.91. The third kappa shape index (κ3) is 7.29. The SMILES string of the molecule is COc1ccccc1CCP(=O)(O)C(CCC(=O)O)N[S+]([O-])C(C)(C)C. The first-order valence-electron chi connectivity index (χ1n) is 8.30. The second-order valence-corrected chi connectivity index (χ2v) is 11.6. The lowest BCUT2D eigenvalue weighted by Crippen LogP contribution is -2.45. The minimum Gasteiger partial charge on any atom is -0.598 e. The molecule has 0 radical (unpaired) electrons. The minimum absolute atomic E-state index is 0.0635. The lowest BCUT2D eigenvalue weighted by Gasteiger charge is -2.30. The van der Waals surface area contributed by atoms with E-state index < -0.39 is 35.2 Å². The molecule has 7 nitrogen and oxygen atoms in total. The summed E-state index contributed by atoms with van der Waals surface area (Å²) in [5.74, 6) is -1.49. The van der Waals surface area contributed by atoms with E-state index in [2.05, 4.69) is 4.72 Å². The molecule has 3 atom stereocenters. The van der Waals surface area contributed by atoms with Crippen LogP contribution in [0.3, 0.4) is 0 Å². The summed E-state index contributed by atoms with van der Waals surface area (Å²) < 4.78 is 32.5. The average molecular weight is 405 g/mol. The zero-order valence-electron chi connectivity index (χ0n) is 15.6. The van der Waals surface area contributed by atoms with Gasteiger partial charge in [-0.15, -0.1) is 4.72 Å². The second-order valence-electron chi connectivity index (χ2n) is 6.99. The molecule has 0 aromatic heterocycles. The molecule has 0 aliphatic carbocycles. The molecule has 9 heteroatoms. The molecule has 3 N–H and O–H groups in total. The van der Waals surface area contributed by atoms with Crippen LogP contribution in [0.1, 0.15) is 39.2 Å². The Balaban J connectivity index is 2.90. The summed E-state index contributed by atoms with van der Waals surface area (Å²) in [6.07, 6.45) is -0.119. The second kappa shape index (κ2) is 9.76. The predicted octanol–water partition coefficient (Wildman–Crippen LogP) is 2.75. The number of nitrogens with one attached hydrogen (secondary N) is 1. The van der Waals surface area contributed by atoms with Crippen molar-refractivity contribution in [3.8, 4) is 5.75 Å². The van der Waals surface area contributed by atoms with Crippen LogP contribution in [0.2, 0.25) is 0 Å². The van der Waals surface area contributed by atoms with E-state index >= 15 is 0 Å². The molecule has 0 amide bonds. The van der Waals surface area contributed by atoms with Gasteiger partial charge >= 0.3 is 5.97 Å². The first-order valence-corrected chi connectivity index (χ1v) is 11.4. The fraction of sp³-hybridized carbons (Fsp3) is 0.588. The molecule has 0 saturated carbocycles. The van der Waals surface area contributed by atoms with E-state index in [1.54, 1.807) is 26.8 Å². The van der Waals surface area contributed by atoms with Crippen LogP contribution in [-0.4, -0.2) is 44.3 Å². The monoisotopic (exact) mass is 405 g/mol. The Morgan fingerprint density at radius 3 is 2.54 bits per heavy atom. The molecule has 1 aromatic rings. The van der Waals surface area contributed by atoms with Crippen LogP contribution < -0.4 is 9.46 Å². The molecular weight excluding hydrogens is 377 g/mol. The van der Waals surface area contributed by atoms with Crippen molar-refractivity contribution in [1.82, 2.24) is 4.72 Å². The maximum Gasteiger partial charge on any atom is 0.303 e. The molecule has 0 bridgehead atoms. The standard InChI is InChI=1S/C17H28NO6PS/c1-17(2,3)26(23)18-15(9-10-16(19)20)25(21,22)12-11-13-7-5-6-8-14(13)24-4/h5-8,15,18H,9-12H2,1-4H3,(H,19,20)(H,21,22). The Bertz CT molecular complexity index is 648. The highest BCUT2D eigenvalue weighted by Gasteiger charge is 2.38. The van der Waals surface area contributed by atoms with Crippen LogP contribution in [0.25, 0.3) is 0 Å². The van der Waals surface area contributed by atoms with Gasteiger partial charge in [-0.2, -0.15) is 0 Å². The largest absolute Gasteiger partial charge is 0.598 e. The van der Waals surface area contributed by atoms with Crippen LogP contribution in [0.15, 0.2) is 24.3 Å². The average Bonchev–Trinajstić information content (AvgIpc) is 2.55. The molecular formula is C17H28NO6PS. The van der Waals surface area contributed by atoms with Gasteiger partial charge in [0.05, 0.1) is 7.11 Å². The molecule has 3 unspecified atom stereocenters. The van der Waals surface area contributed by atoms with E-state index in [0.717, 1.165) is 5.56 Å². The van der Waals surface area contributed by atoms with E-state index in [9.17, 15) is 18.8 Å². The van der Waals surface area contributed by atoms with Gasteiger partial charge in [-0.25, -0.2) is 0 Å². The molecule has 1 aromatic carbocycles. The first-order chi connectivity index (χ1) is 12.0.